The summed E-state index contributed by atoms with van der Waals surface area (Å²) in [5.74, 6) is 0.890. The fourth-order valence-electron chi connectivity index (χ4n) is 2.92. The van der Waals surface area contributed by atoms with E-state index >= 15 is 0 Å². The first-order valence-corrected chi connectivity index (χ1v) is 9.63. The zero-order chi connectivity index (χ0) is 15.9. The van der Waals surface area contributed by atoms with Gasteiger partial charge in [0.2, 0.25) is 0 Å². The standard InChI is InChI=1S/C18H20N2OS2/c1-3-18(8-9-18)15-10-14-16(23-15)20-17(22-14)19-11-12-4-6-13(21-2)7-5-12/h4-7,10H,3,8-9,11H2,1-2H3,(H,19,20). The van der Waals surface area contributed by atoms with Gasteiger partial charge in [-0.1, -0.05) is 30.4 Å². The van der Waals surface area contributed by atoms with Crippen LogP contribution in [-0.4, -0.2) is 12.1 Å². The topological polar surface area (TPSA) is 34.1 Å². The maximum Gasteiger partial charge on any atom is 0.184 e. The predicted octanol–water partition coefficient (Wildman–Crippen LogP) is 5.42. The molecule has 2 aromatic heterocycles. The van der Waals surface area contributed by atoms with Crippen LogP contribution in [0, 0.1) is 0 Å². The van der Waals surface area contributed by atoms with E-state index in [1.54, 1.807) is 18.4 Å². The molecule has 1 aliphatic rings. The van der Waals surface area contributed by atoms with Crippen molar-refractivity contribution >= 4 is 37.3 Å². The van der Waals surface area contributed by atoms with Gasteiger partial charge in [-0.15, -0.1) is 11.3 Å². The number of ether oxygens (including phenoxy) is 1. The number of nitrogens with zero attached hydrogens (tertiary/aromatic N) is 1. The van der Waals surface area contributed by atoms with Crippen molar-refractivity contribution in [2.45, 2.75) is 38.1 Å². The van der Waals surface area contributed by atoms with Crippen molar-refractivity contribution in [2.75, 3.05) is 12.4 Å². The molecule has 0 atom stereocenters. The molecule has 1 fully saturated rings. The summed E-state index contributed by atoms with van der Waals surface area (Å²) < 4.78 is 6.51. The first-order chi connectivity index (χ1) is 11.2. The fraction of sp³-hybridized carbons (Fsp3) is 0.389. The van der Waals surface area contributed by atoms with E-state index in [2.05, 4.69) is 30.4 Å². The van der Waals surface area contributed by atoms with Gasteiger partial charge in [-0.25, -0.2) is 4.98 Å². The molecule has 0 unspecified atom stereocenters. The summed E-state index contributed by atoms with van der Waals surface area (Å²) >= 11 is 3.64. The van der Waals surface area contributed by atoms with Gasteiger partial charge in [0.25, 0.3) is 0 Å². The Morgan fingerprint density at radius 2 is 2.00 bits per heavy atom. The van der Waals surface area contributed by atoms with Gasteiger partial charge in [-0.2, -0.15) is 0 Å². The summed E-state index contributed by atoms with van der Waals surface area (Å²) in [5.41, 5.74) is 1.72. The second-order valence-corrected chi connectivity index (χ2v) is 8.20. The Bertz CT molecular complexity index is 784. The fourth-order valence-corrected chi connectivity index (χ4v) is 5.35. The molecule has 0 amide bonds. The van der Waals surface area contributed by atoms with Crippen LogP contribution in [-0.2, 0) is 12.0 Å². The van der Waals surface area contributed by atoms with Gasteiger partial charge < -0.3 is 10.1 Å². The normalized spacial score (nSPS) is 15.7. The lowest BCUT2D eigenvalue weighted by Crippen LogP contribution is -2.00. The second-order valence-electron chi connectivity index (χ2n) is 6.13. The third kappa shape index (κ3) is 2.83. The molecule has 0 spiro atoms. The number of anilines is 1. The minimum atomic E-state index is 0.488. The van der Waals surface area contributed by atoms with E-state index in [1.807, 2.05) is 23.5 Å². The van der Waals surface area contributed by atoms with Crippen LogP contribution in [0.3, 0.4) is 0 Å². The monoisotopic (exact) mass is 344 g/mol. The van der Waals surface area contributed by atoms with Crippen LogP contribution in [0.5, 0.6) is 5.75 Å². The number of methoxy groups -OCH3 is 1. The Labute approximate surface area is 144 Å². The zero-order valence-electron chi connectivity index (χ0n) is 13.4. The average molecular weight is 345 g/mol. The number of hydrogen-bond donors (Lipinski definition) is 1. The number of thiophene rings is 1. The lowest BCUT2D eigenvalue weighted by molar-refractivity contribution is 0.414. The summed E-state index contributed by atoms with van der Waals surface area (Å²) in [6.07, 6.45) is 3.95. The Morgan fingerprint density at radius 1 is 1.22 bits per heavy atom. The molecule has 0 bridgehead atoms. The van der Waals surface area contributed by atoms with E-state index in [1.165, 1.54) is 39.2 Å². The van der Waals surface area contributed by atoms with Crippen molar-refractivity contribution in [1.29, 1.82) is 0 Å². The first-order valence-electron chi connectivity index (χ1n) is 8.00. The number of aromatic nitrogens is 1. The molecule has 5 heteroatoms. The maximum absolute atomic E-state index is 5.19. The van der Waals surface area contributed by atoms with Crippen LogP contribution in [0.15, 0.2) is 30.3 Å². The Hall–Kier alpha value is -1.59. The van der Waals surface area contributed by atoms with Gasteiger partial charge in [0.15, 0.2) is 5.13 Å². The lowest BCUT2D eigenvalue weighted by Gasteiger charge is -2.08. The van der Waals surface area contributed by atoms with Crippen molar-refractivity contribution in [3.63, 3.8) is 0 Å². The summed E-state index contributed by atoms with van der Waals surface area (Å²) in [6.45, 7) is 3.09. The molecule has 1 N–H and O–H groups in total. The van der Waals surface area contributed by atoms with E-state index in [9.17, 15) is 0 Å². The van der Waals surface area contributed by atoms with E-state index in [-0.39, 0.29) is 0 Å². The maximum atomic E-state index is 5.19. The van der Waals surface area contributed by atoms with Gasteiger partial charge in [0.05, 0.1) is 11.8 Å². The highest BCUT2D eigenvalue weighted by molar-refractivity contribution is 7.29. The van der Waals surface area contributed by atoms with E-state index in [4.69, 9.17) is 9.72 Å². The Balaban J connectivity index is 1.46. The highest BCUT2D eigenvalue weighted by Crippen LogP contribution is 2.54. The molecule has 1 aliphatic carbocycles. The molecule has 0 saturated heterocycles. The van der Waals surface area contributed by atoms with Crippen molar-refractivity contribution in [3.05, 3.63) is 40.8 Å². The van der Waals surface area contributed by atoms with Crippen LogP contribution in [0.25, 0.3) is 9.53 Å². The van der Waals surface area contributed by atoms with E-state index in [0.717, 1.165) is 17.4 Å². The molecule has 120 valence electrons. The molecule has 4 rings (SSSR count). The van der Waals surface area contributed by atoms with Crippen molar-refractivity contribution < 1.29 is 4.74 Å². The molecule has 3 nitrogen and oxygen atoms in total. The van der Waals surface area contributed by atoms with Crippen LogP contribution in [0.4, 0.5) is 5.13 Å². The molecular formula is C18H20N2OS2. The summed E-state index contributed by atoms with van der Waals surface area (Å²) in [5, 5.41) is 4.44. The minimum Gasteiger partial charge on any atom is -0.497 e. The Morgan fingerprint density at radius 3 is 2.61 bits per heavy atom. The highest BCUT2D eigenvalue weighted by Gasteiger charge is 2.43. The van der Waals surface area contributed by atoms with E-state index < -0.39 is 0 Å². The van der Waals surface area contributed by atoms with E-state index in [0.29, 0.717) is 5.41 Å². The lowest BCUT2D eigenvalue weighted by atomic mass is 10.0. The second kappa shape index (κ2) is 5.80. The SMILES string of the molecule is CCC1(c2cc3sc(NCc4ccc(OC)cc4)nc3s2)CC1. The van der Waals surface area contributed by atoms with Gasteiger partial charge in [0.1, 0.15) is 10.6 Å². The van der Waals surface area contributed by atoms with Crippen LogP contribution >= 0.6 is 22.7 Å². The van der Waals surface area contributed by atoms with Crippen molar-refractivity contribution in [3.8, 4) is 5.75 Å². The molecule has 0 radical (unpaired) electrons. The minimum absolute atomic E-state index is 0.488. The van der Waals surface area contributed by atoms with Gasteiger partial charge >= 0.3 is 0 Å². The third-order valence-corrected chi connectivity index (χ3v) is 7.11. The molecule has 23 heavy (non-hydrogen) atoms. The number of fused-ring (bicyclic) bond motifs is 1. The number of benzene rings is 1. The molecule has 3 aromatic rings. The summed E-state index contributed by atoms with van der Waals surface area (Å²) in [7, 11) is 1.69. The molecule has 1 saturated carbocycles. The van der Waals surface area contributed by atoms with Crippen LogP contribution in [0.1, 0.15) is 36.6 Å². The van der Waals surface area contributed by atoms with Crippen LogP contribution in [0.2, 0.25) is 0 Å². The van der Waals surface area contributed by atoms with Crippen molar-refractivity contribution in [2.24, 2.45) is 0 Å². The van der Waals surface area contributed by atoms with Gasteiger partial charge in [-0.05, 0) is 43.0 Å². The number of thiazole rings is 1. The average Bonchev–Trinajstić information content (AvgIpc) is 3.14. The Kier molecular flexibility index (Phi) is 3.77. The summed E-state index contributed by atoms with van der Waals surface area (Å²) in [6, 6.07) is 10.5. The van der Waals surface area contributed by atoms with Crippen molar-refractivity contribution in [1.82, 2.24) is 4.98 Å². The number of hydrogen-bond acceptors (Lipinski definition) is 5. The largest absolute Gasteiger partial charge is 0.497 e. The molecule has 1 aromatic carbocycles. The summed E-state index contributed by atoms with van der Waals surface area (Å²) in [4.78, 5) is 7.48. The number of rotatable bonds is 6. The predicted molar refractivity (Wildman–Crippen MR) is 99.0 cm³/mol. The highest BCUT2D eigenvalue weighted by atomic mass is 32.1. The molecule has 2 heterocycles. The smallest absolute Gasteiger partial charge is 0.184 e. The quantitative estimate of drug-likeness (QED) is 0.648. The third-order valence-electron chi connectivity index (χ3n) is 4.75. The molecule has 0 aliphatic heterocycles. The van der Waals surface area contributed by atoms with Gasteiger partial charge in [-0.3, -0.25) is 0 Å². The zero-order valence-corrected chi connectivity index (χ0v) is 15.0. The van der Waals surface area contributed by atoms with Crippen LogP contribution < -0.4 is 10.1 Å². The van der Waals surface area contributed by atoms with Gasteiger partial charge in [0, 0.05) is 16.8 Å². The first kappa shape index (κ1) is 15.0. The molecular weight excluding hydrogens is 324 g/mol. The number of nitrogens with one attached hydrogen (secondary N) is 1.